The molecule has 1 atom stereocenters. The predicted molar refractivity (Wildman–Crippen MR) is 173 cm³/mol. The minimum absolute atomic E-state index is 0. The summed E-state index contributed by atoms with van der Waals surface area (Å²) in [6.45, 7) is 14.2. The molecular formula is C34H40FeN4P2-6. The van der Waals surface area contributed by atoms with Crippen LogP contribution in [0.15, 0.2) is 110 Å². The quantitative estimate of drug-likeness (QED) is 0.108. The Morgan fingerprint density at radius 1 is 0.683 bits per heavy atom. The van der Waals surface area contributed by atoms with E-state index in [4.69, 9.17) is 19.9 Å². The summed E-state index contributed by atoms with van der Waals surface area (Å²) >= 11 is 0. The number of hydrogen-bond acceptors (Lipinski definition) is 4. The van der Waals surface area contributed by atoms with Crippen LogP contribution in [0.5, 0.6) is 0 Å². The maximum atomic E-state index is 4.70. The van der Waals surface area contributed by atoms with Gasteiger partial charge in [0, 0.05) is 41.9 Å². The Kier molecular flexibility index (Phi) is 11.3. The van der Waals surface area contributed by atoms with Gasteiger partial charge in [0.1, 0.15) is 16.8 Å². The molecule has 41 heavy (non-hydrogen) atoms. The Morgan fingerprint density at radius 3 is 1.54 bits per heavy atom. The van der Waals surface area contributed by atoms with Crippen molar-refractivity contribution in [2.75, 3.05) is 0 Å². The van der Waals surface area contributed by atoms with Crippen LogP contribution < -0.4 is 0 Å². The van der Waals surface area contributed by atoms with E-state index >= 15 is 0 Å². The van der Waals surface area contributed by atoms with Gasteiger partial charge in [-0.3, -0.25) is 0 Å². The van der Waals surface area contributed by atoms with Gasteiger partial charge in [0.2, 0.25) is 0 Å². The van der Waals surface area contributed by atoms with Crippen molar-refractivity contribution < 1.29 is 17.1 Å². The average molecular weight is 623 g/mol. The van der Waals surface area contributed by atoms with Crippen molar-refractivity contribution in [3.05, 3.63) is 132 Å². The predicted octanol–water partition coefficient (Wildman–Crippen LogP) is 8.80. The fraction of sp³-hybridized carbons (Fsp3) is 0.294. The van der Waals surface area contributed by atoms with Crippen molar-refractivity contribution in [3.8, 4) is 11.1 Å². The molecule has 0 aliphatic heterocycles. The summed E-state index contributed by atoms with van der Waals surface area (Å²) < 4.78 is 0. The van der Waals surface area contributed by atoms with Gasteiger partial charge in [0.25, 0.3) is 0 Å². The van der Waals surface area contributed by atoms with Crippen LogP contribution in [0.4, 0.5) is 0 Å². The van der Waals surface area contributed by atoms with E-state index in [2.05, 4.69) is 93.2 Å². The minimum atomic E-state index is -0.762. The summed E-state index contributed by atoms with van der Waals surface area (Å²) in [5.74, 6) is 1.36. The number of rotatable bonds is 6. The van der Waals surface area contributed by atoms with Gasteiger partial charge in [-0.15, -0.1) is 28.3 Å². The molecule has 0 radical (unpaired) electrons. The van der Waals surface area contributed by atoms with E-state index in [1.54, 1.807) is 24.8 Å². The first-order valence-electron chi connectivity index (χ1n) is 13.6. The van der Waals surface area contributed by atoms with Gasteiger partial charge in [-0.2, -0.15) is 11.6 Å². The molecule has 0 N–H and O–H groups in total. The van der Waals surface area contributed by atoms with Crippen molar-refractivity contribution in [2.45, 2.75) is 63.2 Å². The molecule has 0 saturated heterocycles. The Morgan fingerprint density at radius 2 is 1.12 bits per heavy atom. The van der Waals surface area contributed by atoms with Crippen LogP contribution in [0.2, 0.25) is 0 Å². The van der Waals surface area contributed by atoms with Crippen LogP contribution in [0, 0.1) is 0 Å². The summed E-state index contributed by atoms with van der Waals surface area (Å²) in [6.07, 6.45) is 8.17. The Bertz CT molecular complexity index is 1370. The molecular weight excluding hydrogens is 582 g/mol. The van der Waals surface area contributed by atoms with Crippen molar-refractivity contribution in [1.82, 2.24) is 19.9 Å². The average Bonchev–Trinajstić information content (AvgIpc) is 3.66. The first kappa shape index (κ1) is 33.0. The smallest absolute Gasteiger partial charge is 0.147 e. The van der Waals surface area contributed by atoms with Crippen LogP contribution >= 0.6 is 17.2 Å². The molecule has 2 heterocycles. The van der Waals surface area contributed by atoms with Crippen molar-refractivity contribution in [1.29, 1.82) is 0 Å². The molecule has 0 saturated carbocycles. The van der Waals surface area contributed by atoms with Crippen LogP contribution in [0.1, 0.15) is 64.3 Å². The van der Waals surface area contributed by atoms with E-state index in [0.717, 1.165) is 11.7 Å². The first-order chi connectivity index (χ1) is 19.0. The largest absolute Gasteiger partial charge is 0.748 e. The Hall–Kier alpha value is -2.54. The topological polar surface area (TPSA) is 51.6 Å². The summed E-state index contributed by atoms with van der Waals surface area (Å²) in [6, 6.07) is 28.9. The van der Waals surface area contributed by atoms with E-state index in [1.807, 2.05) is 42.5 Å². The third-order valence-corrected chi connectivity index (χ3v) is 11.6. The van der Waals surface area contributed by atoms with Crippen LogP contribution in [0.25, 0.3) is 11.1 Å². The molecule has 4 nitrogen and oxygen atoms in total. The molecule has 0 bridgehead atoms. The molecule has 5 rings (SSSR count). The van der Waals surface area contributed by atoms with Gasteiger partial charge in [0.05, 0.1) is 0 Å². The maximum Gasteiger partial charge on any atom is 0.147 e. The monoisotopic (exact) mass is 622 g/mol. The Labute approximate surface area is 260 Å². The summed E-state index contributed by atoms with van der Waals surface area (Å²) in [7, 11) is 2.66. The SMILES string of the molecule is CC(C)(C)P(C[c-]1cc(-c2ccccc2)cc1C(P)(c1ncccn1)c1ncccn1)C(C)(C)C.[Fe].[cH-]1[cH-][cH-][cH-][cH-]1. The van der Waals surface area contributed by atoms with Crippen LogP contribution in [-0.2, 0) is 28.4 Å². The van der Waals surface area contributed by atoms with E-state index < -0.39 is 5.16 Å². The standard InChI is InChI=1S/C29H35N4P2.C5H5.Fe/c1-27(2,3)35(28(4,5)6)20-23-18-22(21-12-8-7-9-13-21)19-24(23)29(34,25-30-14-10-15-31-25)26-32-16-11-17-33-26;1-2-4-5-3-1;/h7-19H,20,34H2,1-6H3;1-5H;/q-1;-5;. The molecule has 0 aliphatic rings. The molecule has 220 valence electrons. The summed E-state index contributed by atoms with van der Waals surface area (Å²) in [5, 5.41) is -0.363. The molecule has 0 fully saturated rings. The van der Waals surface area contributed by atoms with Crippen molar-refractivity contribution in [2.24, 2.45) is 0 Å². The fourth-order valence-corrected chi connectivity index (χ4v) is 9.30. The van der Waals surface area contributed by atoms with Crippen LogP contribution in [0.3, 0.4) is 0 Å². The van der Waals surface area contributed by atoms with Gasteiger partial charge >= 0.3 is 0 Å². The molecule has 7 heteroatoms. The second-order valence-corrected chi connectivity index (χ2v) is 16.6. The molecule has 1 unspecified atom stereocenters. The van der Waals surface area contributed by atoms with E-state index in [1.165, 1.54) is 16.7 Å². The molecule has 0 amide bonds. The third-order valence-electron chi connectivity index (χ3n) is 6.85. The number of benzene rings is 1. The number of hydrogen-bond donors (Lipinski definition) is 0. The summed E-state index contributed by atoms with van der Waals surface area (Å²) in [5.41, 5.74) is 4.87. The van der Waals surface area contributed by atoms with Gasteiger partial charge in [0.15, 0.2) is 0 Å². The summed E-state index contributed by atoms with van der Waals surface area (Å²) in [4.78, 5) is 18.8. The first-order valence-corrected chi connectivity index (χ1v) is 15.8. The van der Waals surface area contributed by atoms with Gasteiger partial charge in [-0.1, -0.05) is 83.6 Å². The third kappa shape index (κ3) is 8.06. The van der Waals surface area contributed by atoms with Gasteiger partial charge in [-0.05, 0) is 22.4 Å². The van der Waals surface area contributed by atoms with E-state index in [0.29, 0.717) is 11.6 Å². The normalized spacial score (nSPS) is 11.9. The van der Waals surface area contributed by atoms with Crippen LogP contribution in [-0.4, -0.2) is 30.2 Å². The zero-order chi connectivity index (χ0) is 28.8. The zero-order valence-corrected chi connectivity index (χ0v) is 27.9. The van der Waals surface area contributed by atoms with E-state index in [-0.39, 0.29) is 35.3 Å². The second-order valence-electron chi connectivity index (χ2n) is 11.9. The van der Waals surface area contributed by atoms with E-state index in [9.17, 15) is 0 Å². The molecule has 5 aromatic rings. The Balaban J connectivity index is 0.000000696. The van der Waals surface area contributed by atoms with Gasteiger partial charge in [-0.25, -0.2) is 26.0 Å². The molecule has 0 aliphatic carbocycles. The number of nitrogens with zero attached hydrogens (tertiary/aromatic N) is 4. The zero-order valence-electron chi connectivity index (χ0n) is 24.8. The fourth-order valence-electron chi connectivity index (χ4n) is 5.17. The van der Waals surface area contributed by atoms with Crippen molar-refractivity contribution >= 4 is 17.2 Å². The molecule has 3 aromatic carbocycles. The van der Waals surface area contributed by atoms with Gasteiger partial charge < -0.3 is 30.3 Å². The molecule has 0 spiro atoms. The molecule has 2 aromatic heterocycles. The maximum absolute atomic E-state index is 4.70. The minimum Gasteiger partial charge on any atom is -0.748 e. The number of aromatic nitrogens is 4. The van der Waals surface area contributed by atoms with Crippen molar-refractivity contribution in [3.63, 3.8) is 0 Å². The second kappa shape index (κ2) is 14.1.